The van der Waals surface area contributed by atoms with E-state index in [-0.39, 0.29) is 11.9 Å². The van der Waals surface area contributed by atoms with E-state index in [1.54, 1.807) is 0 Å². The first-order valence-electron chi connectivity index (χ1n) is 7.63. The number of alkyl halides is 3. The minimum absolute atomic E-state index is 0.0374. The molecular formula is C14H23F3N2O2. The van der Waals surface area contributed by atoms with Crippen molar-refractivity contribution >= 4 is 5.91 Å². The van der Waals surface area contributed by atoms with Crippen molar-refractivity contribution in [1.29, 1.82) is 0 Å². The van der Waals surface area contributed by atoms with Crippen molar-refractivity contribution in [1.82, 2.24) is 10.6 Å². The van der Waals surface area contributed by atoms with E-state index >= 15 is 0 Å². The normalized spacial score (nSPS) is 26.6. The summed E-state index contributed by atoms with van der Waals surface area (Å²) in [7, 11) is 0. The third-order valence-electron chi connectivity index (χ3n) is 3.84. The maximum atomic E-state index is 12.1. The summed E-state index contributed by atoms with van der Waals surface area (Å²) in [5.74, 6) is -0.0374. The predicted octanol–water partition coefficient (Wildman–Crippen LogP) is 2.13. The minimum atomic E-state index is -4.29. The molecule has 2 N–H and O–H groups in total. The molecule has 0 saturated heterocycles. The predicted molar refractivity (Wildman–Crippen MR) is 71.8 cm³/mol. The van der Waals surface area contributed by atoms with E-state index in [9.17, 15) is 18.0 Å². The smallest absolute Gasteiger partial charge is 0.369 e. The molecule has 0 heterocycles. The van der Waals surface area contributed by atoms with Gasteiger partial charge in [-0.15, -0.1) is 0 Å². The monoisotopic (exact) mass is 308 g/mol. The highest BCUT2D eigenvalue weighted by molar-refractivity contribution is 5.76. The molecule has 0 bridgehead atoms. The molecule has 1 amide bonds. The van der Waals surface area contributed by atoms with Crippen LogP contribution in [0.2, 0.25) is 0 Å². The Morgan fingerprint density at radius 1 is 1.14 bits per heavy atom. The number of nitrogens with one attached hydrogen (secondary N) is 2. The number of amides is 1. The molecule has 0 aliphatic heterocycles. The first-order chi connectivity index (χ1) is 9.92. The fourth-order valence-electron chi connectivity index (χ4n) is 2.62. The highest BCUT2D eigenvalue weighted by Gasteiger charge is 2.31. The molecule has 2 rings (SSSR count). The number of hydrogen-bond acceptors (Lipinski definition) is 3. The van der Waals surface area contributed by atoms with E-state index in [1.165, 1.54) is 12.8 Å². The average molecular weight is 308 g/mol. The van der Waals surface area contributed by atoms with Crippen molar-refractivity contribution in [2.24, 2.45) is 0 Å². The third kappa shape index (κ3) is 7.13. The number of ether oxygens (including phenoxy) is 1. The van der Waals surface area contributed by atoms with Crippen LogP contribution in [0.1, 0.15) is 44.9 Å². The lowest BCUT2D eigenvalue weighted by atomic mass is 9.92. The van der Waals surface area contributed by atoms with Crippen molar-refractivity contribution in [3.63, 3.8) is 0 Å². The quantitative estimate of drug-likeness (QED) is 0.757. The second-order valence-corrected chi connectivity index (χ2v) is 5.96. The van der Waals surface area contributed by atoms with Crippen LogP contribution in [0.5, 0.6) is 0 Å². The van der Waals surface area contributed by atoms with Crippen LogP contribution in [0, 0.1) is 0 Å². The number of rotatable bonds is 7. The second kappa shape index (κ2) is 7.45. The summed E-state index contributed by atoms with van der Waals surface area (Å²) in [6.07, 6.45) is 0.789. The number of halogens is 3. The molecule has 7 heteroatoms. The fraction of sp³-hybridized carbons (Fsp3) is 0.929. The van der Waals surface area contributed by atoms with Gasteiger partial charge >= 0.3 is 6.18 Å². The standard InChI is InChI=1S/C14H23F3N2O2/c15-14(16,17)9-21-12-3-1-2-11(8-12)19-13(20)6-7-18-10-4-5-10/h10-12,18H,1-9H2,(H,19,20). The van der Waals surface area contributed by atoms with Gasteiger partial charge in [-0.3, -0.25) is 4.79 Å². The molecule has 2 atom stereocenters. The summed E-state index contributed by atoms with van der Waals surface area (Å²) in [5, 5.41) is 6.16. The Morgan fingerprint density at radius 3 is 2.57 bits per heavy atom. The van der Waals surface area contributed by atoms with E-state index in [2.05, 4.69) is 10.6 Å². The highest BCUT2D eigenvalue weighted by Crippen LogP contribution is 2.24. The van der Waals surface area contributed by atoms with Crippen LogP contribution >= 0.6 is 0 Å². The van der Waals surface area contributed by atoms with Gasteiger partial charge in [-0.05, 0) is 38.5 Å². The van der Waals surface area contributed by atoms with Crippen molar-refractivity contribution in [3.05, 3.63) is 0 Å². The van der Waals surface area contributed by atoms with Gasteiger partial charge in [-0.1, -0.05) is 0 Å². The van der Waals surface area contributed by atoms with E-state index in [0.717, 1.165) is 12.8 Å². The lowest BCUT2D eigenvalue weighted by Gasteiger charge is -2.30. The van der Waals surface area contributed by atoms with Crippen molar-refractivity contribution < 1.29 is 22.7 Å². The molecule has 4 nitrogen and oxygen atoms in total. The van der Waals surface area contributed by atoms with Gasteiger partial charge in [-0.2, -0.15) is 13.2 Å². The first-order valence-corrected chi connectivity index (χ1v) is 7.63. The Kier molecular flexibility index (Phi) is 5.87. The first kappa shape index (κ1) is 16.5. The van der Waals surface area contributed by atoms with Crippen LogP contribution in [0.15, 0.2) is 0 Å². The summed E-state index contributed by atoms with van der Waals surface area (Å²) in [5.41, 5.74) is 0. The Hall–Kier alpha value is -0.820. The second-order valence-electron chi connectivity index (χ2n) is 5.96. The number of carbonyl (C=O) groups excluding carboxylic acids is 1. The van der Waals surface area contributed by atoms with E-state index in [4.69, 9.17) is 4.74 Å². The SMILES string of the molecule is O=C(CCNC1CC1)NC1CCCC(OCC(F)(F)F)C1. The topological polar surface area (TPSA) is 50.4 Å². The lowest BCUT2D eigenvalue weighted by Crippen LogP contribution is -2.42. The summed E-state index contributed by atoms with van der Waals surface area (Å²) >= 11 is 0. The maximum absolute atomic E-state index is 12.1. The Labute approximate surface area is 122 Å². The van der Waals surface area contributed by atoms with Crippen LogP contribution in [0.25, 0.3) is 0 Å². The maximum Gasteiger partial charge on any atom is 0.411 e. The van der Waals surface area contributed by atoms with Gasteiger partial charge in [0.1, 0.15) is 6.61 Å². The molecular weight excluding hydrogens is 285 g/mol. The van der Waals surface area contributed by atoms with Gasteiger partial charge in [0.2, 0.25) is 5.91 Å². The number of carbonyl (C=O) groups is 1. The van der Waals surface area contributed by atoms with E-state index < -0.39 is 18.9 Å². The molecule has 2 saturated carbocycles. The Balaban J connectivity index is 1.61. The fourth-order valence-corrected chi connectivity index (χ4v) is 2.62. The van der Waals surface area contributed by atoms with Gasteiger partial charge in [0, 0.05) is 25.0 Å². The molecule has 2 aliphatic rings. The van der Waals surface area contributed by atoms with Crippen molar-refractivity contribution in [2.45, 2.75) is 69.3 Å². The molecule has 0 aromatic heterocycles. The van der Waals surface area contributed by atoms with Gasteiger partial charge in [0.05, 0.1) is 6.10 Å². The molecule has 2 aliphatic carbocycles. The molecule has 0 spiro atoms. The zero-order valence-corrected chi connectivity index (χ0v) is 12.0. The summed E-state index contributed by atoms with van der Waals surface area (Å²) in [6.45, 7) is -0.541. The van der Waals surface area contributed by atoms with Crippen LogP contribution in [0.4, 0.5) is 13.2 Å². The molecule has 0 aromatic carbocycles. The zero-order chi connectivity index (χ0) is 15.3. The van der Waals surface area contributed by atoms with Crippen molar-refractivity contribution in [3.8, 4) is 0 Å². The van der Waals surface area contributed by atoms with Gasteiger partial charge in [0.25, 0.3) is 0 Å². The lowest BCUT2D eigenvalue weighted by molar-refractivity contribution is -0.188. The molecule has 0 aromatic rings. The Bertz CT molecular complexity index is 346. The molecule has 122 valence electrons. The average Bonchev–Trinajstić information content (AvgIpc) is 3.20. The van der Waals surface area contributed by atoms with Gasteiger partial charge in [-0.25, -0.2) is 0 Å². The van der Waals surface area contributed by atoms with Gasteiger partial charge < -0.3 is 15.4 Å². The van der Waals surface area contributed by atoms with Crippen molar-refractivity contribution in [2.75, 3.05) is 13.2 Å². The van der Waals surface area contributed by atoms with Crippen LogP contribution in [-0.4, -0.2) is 43.4 Å². The highest BCUT2D eigenvalue weighted by atomic mass is 19.4. The van der Waals surface area contributed by atoms with Gasteiger partial charge in [0.15, 0.2) is 0 Å². The summed E-state index contributed by atoms with van der Waals surface area (Å²) < 4.78 is 41.3. The molecule has 0 radical (unpaired) electrons. The van der Waals surface area contributed by atoms with Crippen LogP contribution in [0.3, 0.4) is 0 Å². The molecule has 2 unspecified atom stereocenters. The number of hydrogen-bond donors (Lipinski definition) is 2. The molecule has 2 fully saturated rings. The largest absolute Gasteiger partial charge is 0.411 e. The van der Waals surface area contributed by atoms with E-state index in [1.807, 2.05) is 0 Å². The molecule has 21 heavy (non-hydrogen) atoms. The van der Waals surface area contributed by atoms with Crippen LogP contribution in [-0.2, 0) is 9.53 Å². The van der Waals surface area contributed by atoms with E-state index in [0.29, 0.717) is 31.8 Å². The summed E-state index contributed by atoms with van der Waals surface area (Å²) in [6, 6.07) is 0.512. The third-order valence-corrected chi connectivity index (χ3v) is 3.84. The van der Waals surface area contributed by atoms with Crippen LogP contribution < -0.4 is 10.6 Å². The zero-order valence-electron chi connectivity index (χ0n) is 12.0. The minimum Gasteiger partial charge on any atom is -0.369 e. The Morgan fingerprint density at radius 2 is 1.90 bits per heavy atom. The summed E-state index contributed by atoms with van der Waals surface area (Å²) in [4.78, 5) is 11.8.